The van der Waals surface area contributed by atoms with Crippen LogP contribution in [0.4, 0.5) is 0 Å². The molecule has 19 heavy (non-hydrogen) atoms. The Kier molecular flexibility index (Phi) is 4.51. The van der Waals surface area contributed by atoms with Gasteiger partial charge in [0, 0.05) is 38.6 Å². The Morgan fingerprint density at radius 3 is 2.68 bits per heavy atom. The molecule has 1 saturated heterocycles. The minimum atomic E-state index is -0.823. The molecule has 1 N–H and O–H groups in total. The van der Waals surface area contributed by atoms with Gasteiger partial charge in [-0.15, -0.1) is 0 Å². The van der Waals surface area contributed by atoms with Gasteiger partial charge in [0.1, 0.15) is 6.54 Å². The molecule has 2 rings (SSSR count). The summed E-state index contributed by atoms with van der Waals surface area (Å²) in [6.07, 6.45) is 4.20. The van der Waals surface area contributed by atoms with Crippen LogP contribution in [0, 0.1) is 0 Å². The molecule has 0 radical (unpaired) electrons. The van der Waals surface area contributed by atoms with Gasteiger partial charge < -0.3 is 10.0 Å². The van der Waals surface area contributed by atoms with Gasteiger partial charge in [0.25, 0.3) is 0 Å². The molecule has 7 heteroatoms. The number of hydrogen-bond acceptors (Lipinski definition) is 4. The Hall–Kier alpha value is -1.89. The van der Waals surface area contributed by atoms with Gasteiger partial charge in [0.2, 0.25) is 5.91 Å². The van der Waals surface area contributed by atoms with Crippen LogP contribution in [0.2, 0.25) is 0 Å². The third-order valence-corrected chi connectivity index (χ3v) is 3.16. The molecule has 0 aromatic carbocycles. The van der Waals surface area contributed by atoms with Crippen molar-refractivity contribution in [1.29, 1.82) is 0 Å². The Labute approximate surface area is 111 Å². The van der Waals surface area contributed by atoms with Crippen LogP contribution < -0.4 is 0 Å². The molecule has 0 aliphatic carbocycles. The van der Waals surface area contributed by atoms with Gasteiger partial charge in [0.05, 0.1) is 6.54 Å². The first-order chi connectivity index (χ1) is 9.15. The summed E-state index contributed by atoms with van der Waals surface area (Å²) in [5.74, 6) is -0.794. The summed E-state index contributed by atoms with van der Waals surface area (Å²) in [5, 5.41) is 12.8. The third kappa shape index (κ3) is 4.06. The molecule has 1 aliphatic rings. The summed E-state index contributed by atoms with van der Waals surface area (Å²) < 4.78 is 1.60. The van der Waals surface area contributed by atoms with Crippen LogP contribution >= 0.6 is 0 Å². The number of carboxylic acid groups (broad SMARTS) is 1. The monoisotopic (exact) mass is 266 g/mol. The number of carbonyl (C=O) groups excluding carboxylic acids is 1. The van der Waals surface area contributed by atoms with Gasteiger partial charge in [-0.25, -0.2) is 0 Å². The van der Waals surface area contributed by atoms with Gasteiger partial charge in [-0.2, -0.15) is 5.10 Å². The minimum absolute atomic E-state index is 0.0286. The summed E-state index contributed by atoms with van der Waals surface area (Å²) >= 11 is 0. The van der Waals surface area contributed by atoms with E-state index in [1.807, 2.05) is 4.90 Å². The van der Waals surface area contributed by atoms with Crippen LogP contribution in [0.1, 0.15) is 6.42 Å². The van der Waals surface area contributed by atoms with E-state index in [0.717, 1.165) is 13.0 Å². The zero-order valence-electron chi connectivity index (χ0n) is 10.7. The fraction of sp³-hybridized carbons (Fsp3) is 0.583. The Morgan fingerprint density at radius 1 is 1.16 bits per heavy atom. The number of amides is 1. The highest BCUT2D eigenvalue weighted by Crippen LogP contribution is 2.04. The number of aliphatic carboxylic acids is 1. The van der Waals surface area contributed by atoms with Crippen molar-refractivity contribution in [3.63, 3.8) is 0 Å². The van der Waals surface area contributed by atoms with Crippen molar-refractivity contribution in [3.05, 3.63) is 18.5 Å². The first-order valence-corrected chi connectivity index (χ1v) is 6.34. The molecule has 0 unspecified atom stereocenters. The fourth-order valence-electron chi connectivity index (χ4n) is 2.20. The molecule has 1 fully saturated rings. The predicted molar refractivity (Wildman–Crippen MR) is 67.5 cm³/mol. The number of carboxylic acids is 1. The summed E-state index contributed by atoms with van der Waals surface area (Å²) in [6, 6.07) is 1.78. The van der Waals surface area contributed by atoms with Crippen molar-refractivity contribution >= 4 is 11.9 Å². The van der Waals surface area contributed by atoms with E-state index in [2.05, 4.69) is 5.10 Å². The first kappa shape index (κ1) is 13.5. The molecule has 0 bridgehead atoms. The SMILES string of the molecule is O=C(O)CN1CCCN(C(=O)Cn2cccn2)CC1. The molecule has 7 nitrogen and oxygen atoms in total. The second-order valence-corrected chi connectivity index (χ2v) is 4.61. The van der Waals surface area contributed by atoms with E-state index in [1.54, 1.807) is 28.0 Å². The van der Waals surface area contributed by atoms with E-state index in [4.69, 9.17) is 5.11 Å². The summed E-state index contributed by atoms with van der Waals surface area (Å²) in [7, 11) is 0. The lowest BCUT2D eigenvalue weighted by Crippen LogP contribution is -2.38. The Morgan fingerprint density at radius 2 is 2.00 bits per heavy atom. The molecule has 0 saturated carbocycles. The third-order valence-electron chi connectivity index (χ3n) is 3.16. The molecular formula is C12H18N4O3. The molecule has 0 atom stereocenters. The minimum Gasteiger partial charge on any atom is -0.480 e. The quantitative estimate of drug-likeness (QED) is 0.795. The van der Waals surface area contributed by atoms with Gasteiger partial charge in [-0.1, -0.05) is 0 Å². The zero-order chi connectivity index (χ0) is 13.7. The lowest BCUT2D eigenvalue weighted by Gasteiger charge is -2.21. The molecular weight excluding hydrogens is 248 g/mol. The topological polar surface area (TPSA) is 78.7 Å². The summed E-state index contributed by atoms with van der Waals surface area (Å²) in [5.41, 5.74) is 0. The van der Waals surface area contributed by atoms with E-state index >= 15 is 0 Å². The number of hydrogen-bond donors (Lipinski definition) is 1. The fourth-order valence-corrected chi connectivity index (χ4v) is 2.20. The van der Waals surface area contributed by atoms with Crippen LogP contribution in [0.15, 0.2) is 18.5 Å². The molecule has 2 heterocycles. The van der Waals surface area contributed by atoms with Crippen LogP contribution in [-0.2, 0) is 16.1 Å². The van der Waals surface area contributed by atoms with E-state index in [-0.39, 0.29) is 19.0 Å². The lowest BCUT2D eigenvalue weighted by atomic mass is 10.3. The molecule has 1 aromatic rings. The Balaban J connectivity index is 1.84. The van der Waals surface area contributed by atoms with Crippen molar-refractivity contribution in [2.24, 2.45) is 0 Å². The van der Waals surface area contributed by atoms with Crippen LogP contribution in [0.3, 0.4) is 0 Å². The summed E-state index contributed by atoms with van der Waals surface area (Å²) in [6.45, 7) is 2.87. The zero-order valence-corrected chi connectivity index (χ0v) is 10.7. The number of rotatable bonds is 4. The average Bonchev–Trinajstić information content (AvgIpc) is 2.74. The second kappa shape index (κ2) is 6.33. The number of carbonyl (C=O) groups is 2. The molecule has 1 amide bonds. The van der Waals surface area contributed by atoms with E-state index in [1.165, 1.54) is 0 Å². The molecule has 1 aliphatic heterocycles. The largest absolute Gasteiger partial charge is 0.480 e. The van der Waals surface area contributed by atoms with Gasteiger partial charge in [-0.05, 0) is 12.5 Å². The second-order valence-electron chi connectivity index (χ2n) is 4.61. The highest BCUT2D eigenvalue weighted by molar-refractivity contribution is 5.76. The average molecular weight is 266 g/mol. The van der Waals surface area contributed by atoms with Crippen LogP contribution in [-0.4, -0.2) is 69.3 Å². The van der Waals surface area contributed by atoms with Gasteiger partial charge >= 0.3 is 5.97 Å². The lowest BCUT2D eigenvalue weighted by molar-refractivity contribution is -0.138. The summed E-state index contributed by atoms with van der Waals surface area (Å²) in [4.78, 5) is 26.4. The Bertz CT molecular complexity index is 432. The van der Waals surface area contributed by atoms with Gasteiger partial charge in [-0.3, -0.25) is 19.2 Å². The van der Waals surface area contributed by atoms with Crippen molar-refractivity contribution < 1.29 is 14.7 Å². The van der Waals surface area contributed by atoms with E-state index in [0.29, 0.717) is 19.6 Å². The van der Waals surface area contributed by atoms with Crippen molar-refractivity contribution in [1.82, 2.24) is 19.6 Å². The van der Waals surface area contributed by atoms with E-state index < -0.39 is 5.97 Å². The van der Waals surface area contributed by atoms with Crippen LogP contribution in [0.25, 0.3) is 0 Å². The van der Waals surface area contributed by atoms with Crippen LogP contribution in [0.5, 0.6) is 0 Å². The smallest absolute Gasteiger partial charge is 0.317 e. The van der Waals surface area contributed by atoms with E-state index in [9.17, 15) is 9.59 Å². The standard InChI is InChI=1S/C12H18N4O3/c17-11(9-16-6-1-3-13-16)15-5-2-4-14(7-8-15)10-12(18)19/h1,3,6H,2,4-5,7-10H2,(H,18,19). The molecule has 1 aromatic heterocycles. The maximum atomic E-state index is 12.1. The maximum Gasteiger partial charge on any atom is 0.317 e. The maximum absolute atomic E-state index is 12.1. The highest BCUT2D eigenvalue weighted by Gasteiger charge is 2.20. The first-order valence-electron chi connectivity index (χ1n) is 6.34. The normalized spacial score (nSPS) is 17.2. The molecule has 104 valence electrons. The number of aromatic nitrogens is 2. The van der Waals surface area contributed by atoms with Crippen molar-refractivity contribution in [2.75, 3.05) is 32.7 Å². The van der Waals surface area contributed by atoms with Crippen molar-refractivity contribution in [3.8, 4) is 0 Å². The van der Waals surface area contributed by atoms with Gasteiger partial charge in [0.15, 0.2) is 0 Å². The highest BCUT2D eigenvalue weighted by atomic mass is 16.4. The van der Waals surface area contributed by atoms with Crippen molar-refractivity contribution in [2.45, 2.75) is 13.0 Å². The predicted octanol–water partition coefficient (Wildman–Crippen LogP) is -0.498. The molecule has 0 spiro atoms. The number of nitrogens with zero attached hydrogens (tertiary/aromatic N) is 4.